The molecule has 6 heteroatoms. The molecule has 0 saturated carbocycles. The van der Waals surface area contributed by atoms with E-state index in [2.05, 4.69) is 0 Å². The molecule has 0 aliphatic carbocycles. The molecule has 1 aliphatic rings. The highest BCUT2D eigenvalue weighted by Crippen LogP contribution is 2.31. The van der Waals surface area contributed by atoms with Gasteiger partial charge in [0.05, 0.1) is 12.7 Å². The number of carbonyl (C=O) groups is 1. The molecule has 1 atom stereocenters. The first kappa shape index (κ1) is 19.3. The zero-order valence-electron chi connectivity index (χ0n) is 15.1. The number of benzene rings is 2. The number of ether oxygens (including phenoxy) is 1. The van der Waals surface area contributed by atoms with Gasteiger partial charge in [-0.25, -0.2) is 0 Å². The van der Waals surface area contributed by atoms with Crippen LogP contribution < -0.4 is 4.74 Å². The van der Waals surface area contributed by atoms with Crippen LogP contribution in [0.4, 0.5) is 13.2 Å². The van der Waals surface area contributed by atoms with E-state index < -0.39 is 11.7 Å². The van der Waals surface area contributed by atoms with Crippen LogP contribution in [0.5, 0.6) is 5.75 Å². The van der Waals surface area contributed by atoms with E-state index in [0.717, 1.165) is 42.7 Å². The summed E-state index contributed by atoms with van der Waals surface area (Å²) < 4.78 is 44.0. The molecule has 0 unspecified atom stereocenters. The fraction of sp³-hybridized carbons (Fsp3) is 0.381. The van der Waals surface area contributed by atoms with Crippen molar-refractivity contribution in [3.8, 4) is 5.75 Å². The topological polar surface area (TPSA) is 29.5 Å². The highest BCUT2D eigenvalue weighted by Gasteiger charge is 2.32. The van der Waals surface area contributed by atoms with Crippen molar-refractivity contribution in [3.05, 3.63) is 65.2 Å². The van der Waals surface area contributed by atoms with Crippen LogP contribution in [0.3, 0.4) is 0 Å². The van der Waals surface area contributed by atoms with Crippen molar-refractivity contribution in [2.45, 2.75) is 31.4 Å². The summed E-state index contributed by atoms with van der Waals surface area (Å²) in [6, 6.07) is 12.4. The smallest absolute Gasteiger partial charge is 0.416 e. The van der Waals surface area contributed by atoms with E-state index in [9.17, 15) is 18.0 Å². The van der Waals surface area contributed by atoms with E-state index >= 15 is 0 Å². The number of hydrogen-bond donors (Lipinski definition) is 0. The number of likely N-dealkylation sites (tertiary alicyclic amines) is 1. The van der Waals surface area contributed by atoms with Crippen LogP contribution >= 0.6 is 0 Å². The Morgan fingerprint density at radius 3 is 2.52 bits per heavy atom. The zero-order valence-corrected chi connectivity index (χ0v) is 15.1. The number of halogens is 3. The molecule has 2 aromatic rings. The van der Waals surface area contributed by atoms with E-state index in [-0.39, 0.29) is 17.4 Å². The highest BCUT2D eigenvalue weighted by molar-refractivity contribution is 5.94. The lowest BCUT2D eigenvalue weighted by atomic mass is 9.94. The van der Waals surface area contributed by atoms with Gasteiger partial charge in [0, 0.05) is 24.6 Å². The molecule has 1 aliphatic heterocycles. The molecule has 144 valence electrons. The summed E-state index contributed by atoms with van der Waals surface area (Å²) >= 11 is 0. The lowest BCUT2D eigenvalue weighted by Crippen LogP contribution is -2.34. The molecule has 2 aromatic carbocycles. The molecule has 0 bridgehead atoms. The van der Waals surface area contributed by atoms with Crippen molar-refractivity contribution in [3.63, 3.8) is 0 Å². The van der Waals surface area contributed by atoms with Crippen LogP contribution in [0, 0.1) is 0 Å². The Bertz CT molecular complexity index is 787. The third-order valence-electron chi connectivity index (χ3n) is 4.98. The number of alkyl halides is 3. The van der Waals surface area contributed by atoms with Crippen molar-refractivity contribution in [2.24, 2.45) is 0 Å². The first-order valence-corrected chi connectivity index (χ1v) is 8.99. The van der Waals surface area contributed by atoms with E-state index in [1.165, 1.54) is 12.1 Å². The first-order valence-electron chi connectivity index (χ1n) is 8.99. The Labute approximate surface area is 156 Å². The summed E-state index contributed by atoms with van der Waals surface area (Å²) in [6.07, 6.45) is -1.69. The zero-order chi connectivity index (χ0) is 19.4. The second kappa shape index (κ2) is 8.03. The summed E-state index contributed by atoms with van der Waals surface area (Å²) in [5, 5.41) is 0. The molecule has 1 amide bonds. The third-order valence-corrected chi connectivity index (χ3v) is 4.98. The summed E-state index contributed by atoms with van der Waals surface area (Å²) in [5.41, 5.74) is 0.398. The molecular formula is C21H22F3NO2. The Morgan fingerprint density at radius 1 is 1.11 bits per heavy atom. The average molecular weight is 377 g/mol. The van der Waals surface area contributed by atoms with Crippen LogP contribution in [0.25, 0.3) is 0 Å². The average Bonchev–Trinajstić information content (AvgIpc) is 2.93. The van der Waals surface area contributed by atoms with Gasteiger partial charge in [0.1, 0.15) is 5.75 Å². The Balaban J connectivity index is 1.79. The minimum Gasteiger partial charge on any atom is -0.497 e. The minimum atomic E-state index is -4.46. The molecule has 0 radical (unpaired) electrons. The number of rotatable bonds is 3. The second-order valence-electron chi connectivity index (χ2n) is 6.80. The maximum absolute atomic E-state index is 12.9. The van der Waals surface area contributed by atoms with Gasteiger partial charge in [-0.05, 0) is 48.7 Å². The second-order valence-corrected chi connectivity index (χ2v) is 6.80. The maximum Gasteiger partial charge on any atom is 0.416 e. The molecule has 3 nitrogen and oxygen atoms in total. The lowest BCUT2D eigenvalue weighted by molar-refractivity contribution is -0.137. The van der Waals surface area contributed by atoms with Crippen LogP contribution in [0.15, 0.2) is 48.5 Å². The van der Waals surface area contributed by atoms with E-state index in [1.54, 1.807) is 12.0 Å². The summed E-state index contributed by atoms with van der Waals surface area (Å²) in [4.78, 5) is 14.5. The molecule has 1 saturated heterocycles. The standard InChI is InChI=1S/C21H22F3NO2/c1-27-19-10-8-15(9-11-19)17-5-2-3-12-25(14-17)20(26)16-6-4-7-18(13-16)21(22,23)24/h4,6-11,13,17H,2-3,5,12,14H2,1H3/t17-/m1/s1. The quantitative estimate of drug-likeness (QED) is 0.743. The summed E-state index contributed by atoms with van der Waals surface area (Å²) in [5.74, 6) is 0.582. The van der Waals surface area contributed by atoms with Gasteiger partial charge in [0.15, 0.2) is 0 Å². The molecule has 27 heavy (non-hydrogen) atoms. The van der Waals surface area contributed by atoms with E-state index in [4.69, 9.17) is 4.74 Å². The molecule has 0 spiro atoms. The minimum absolute atomic E-state index is 0.0835. The largest absolute Gasteiger partial charge is 0.497 e. The maximum atomic E-state index is 12.9. The van der Waals surface area contributed by atoms with Gasteiger partial charge >= 0.3 is 6.18 Å². The highest BCUT2D eigenvalue weighted by atomic mass is 19.4. The van der Waals surface area contributed by atoms with Gasteiger partial charge in [-0.15, -0.1) is 0 Å². The fourth-order valence-corrected chi connectivity index (χ4v) is 3.49. The van der Waals surface area contributed by atoms with Gasteiger partial charge in [0.2, 0.25) is 0 Å². The van der Waals surface area contributed by atoms with Crippen LogP contribution in [0.1, 0.15) is 46.7 Å². The number of nitrogens with zero attached hydrogens (tertiary/aromatic N) is 1. The summed E-state index contributed by atoms with van der Waals surface area (Å²) in [7, 11) is 1.61. The van der Waals surface area contributed by atoms with Gasteiger partial charge in [-0.2, -0.15) is 13.2 Å². The number of carbonyl (C=O) groups excluding carboxylic acids is 1. The van der Waals surface area contributed by atoms with Crippen LogP contribution in [0.2, 0.25) is 0 Å². The van der Waals surface area contributed by atoms with Crippen molar-refractivity contribution in [1.29, 1.82) is 0 Å². The Kier molecular flexibility index (Phi) is 5.73. The van der Waals surface area contributed by atoms with Gasteiger partial charge in [-0.3, -0.25) is 4.79 Å². The molecule has 0 aromatic heterocycles. The first-order chi connectivity index (χ1) is 12.9. The normalized spacial score (nSPS) is 18.1. The Morgan fingerprint density at radius 2 is 1.85 bits per heavy atom. The van der Waals surface area contributed by atoms with Crippen molar-refractivity contribution >= 4 is 5.91 Å². The van der Waals surface area contributed by atoms with Crippen LogP contribution in [-0.2, 0) is 6.18 Å². The molecule has 1 fully saturated rings. The Hall–Kier alpha value is -2.50. The molecule has 1 heterocycles. The SMILES string of the molecule is COc1ccc([C@@H]2CCCCN(C(=O)c3cccc(C(F)(F)F)c3)C2)cc1. The predicted octanol–water partition coefficient (Wildman–Crippen LogP) is 5.12. The van der Waals surface area contributed by atoms with Gasteiger partial charge in [0.25, 0.3) is 5.91 Å². The van der Waals surface area contributed by atoms with Crippen molar-refractivity contribution in [1.82, 2.24) is 4.90 Å². The number of methoxy groups -OCH3 is 1. The molecular weight excluding hydrogens is 355 g/mol. The lowest BCUT2D eigenvalue weighted by Gasteiger charge is -2.25. The number of hydrogen-bond acceptors (Lipinski definition) is 2. The third kappa shape index (κ3) is 4.62. The monoisotopic (exact) mass is 377 g/mol. The van der Waals surface area contributed by atoms with Crippen molar-refractivity contribution < 1.29 is 22.7 Å². The van der Waals surface area contributed by atoms with Gasteiger partial charge < -0.3 is 9.64 Å². The fourth-order valence-electron chi connectivity index (χ4n) is 3.49. The molecule has 0 N–H and O–H groups in total. The van der Waals surface area contributed by atoms with E-state index in [1.807, 2.05) is 24.3 Å². The van der Waals surface area contributed by atoms with Gasteiger partial charge in [-0.1, -0.05) is 24.6 Å². The predicted molar refractivity (Wildman–Crippen MR) is 96.9 cm³/mol. The van der Waals surface area contributed by atoms with E-state index in [0.29, 0.717) is 13.1 Å². The number of amides is 1. The molecule has 3 rings (SSSR count). The summed E-state index contributed by atoms with van der Waals surface area (Å²) in [6.45, 7) is 1.06. The van der Waals surface area contributed by atoms with Crippen molar-refractivity contribution in [2.75, 3.05) is 20.2 Å². The van der Waals surface area contributed by atoms with Crippen LogP contribution in [-0.4, -0.2) is 31.0 Å².